The van der Waals surface area contributed by atoms with E-state index in [1.54, 1.807) is 26.8 Å². The van der Waals surface area contributed by atoms with Crippen LogP contribution < -0.4 is 11.1 Å². The third-order valence-corrected chi connectivity index (χ3v) is 7.17. The van der Waals surface area contributed by atoms with Gasteiger partial charge in [-0.15, -0.1) is 23.5 Å². The van der Waals surface area contributed by atoms with Gasteiger partial charge in [-0.1, -0.05) is 18.1 Å². The van der Waals surface area contributed by atoms with Crippen LogP contribution in [0, 0.1) is 0 Å². The number of fused-ring (bicyclic) bond motifs is 1. The summed E-state index contributed by atoms with van der Waals surface area (Å²) in [6, 6.07) is 3.55. The smallest absolute Gasteiger partial charge is 0.353 e. The number of pyridine rings is 1. The number of anilines is 1. The number of aliphatic carboxylic acids is 1. The first kappa shape index (κ1) is 27.3. The quantitative estimate of drug-likeness (QED) is 0.179. The molecule has 2 aliphatic rings. The average molecular weight is 538 g/mol. The highest BCUT2D eigenvalue weighted by molar-refractivity contribution is 8.06. The third-order valence-electron chi connectivity index (χ3n) is 4.73. The number of carbonyl (C=O) groups excluding carboxylic acids is 3. The fourth-order valence-electron chi connectivity index (χ4n) is 3.39. The molecular weight excluding hydrogens is 510 g/mol. The number of carbonyl (C=O) groups is 4. The Hall–Kier alpha value is -3.26. The van der Waals surface area contributed by atoms with Crippen LogP contribution in [0.15, 0.2) is 34.0 Å². The van der Waals surface area contributed by atoms with Gasteiger partial charge in [-0.25, -0.2) is 14.6 Å². The summed E-state index contributed by atoms with van der Waals surface area (Å²) >= 11 is 2.72. The van der Waals surface area contributed by atoms with Gasteiger partial charge in [0.05, 0.1) is 0 Å². The summed E-state index contributed by atoms with van der Waals surface area (Å²) in [5.74, 6) is -2.06. The molecule has 0 saturated carbocycles. The average Bonchev–Trinajstić information content (AvgIpc) is 2.78. The number of rotatable bonds is 9. The number of β-lactam (4-membered cyclic amide) rings is 1. The van der Waals surface area contributed by atoms with E-state index < -0.39 is 47.4 Å². The van der Waals surface area contributed by atoms with Gasteiger partial charge >= 0.3 is 11.9 Å². The van der Waals surface area contributed by atoms with Crippen molar-refractivity contribution in [3.05, 3.63) is 34.5 Å². The fourth-order valence-corrected chi connectivity index (χ4v) is 5.80. The fraction of sp³-hybridized carbons (Fsp3) is 0.455. The Morgan fingerprint density at radius 3 is 2.69 bits per heavy atom. The van der Waals surface area contributed by atoms with Crippen molar-refractivity contribution in [2.45, 2.75) is 44.7 Å². The van der Waals surface area contributed by atoms with Crippen molar-refractivity contribution in [1.29, 1.82) is 0 Å². The standard InChI is InChI=1S/C22H27N5O7S2/c1-5-35-12-10-36-20-16(19(30)27(20)17(12)21(31)32)25-18(29)15(11-7-6-8-13(23)24-11)26-33-9-14(28)34-22(2,3)4/h6-8,16,20H,5,9-10H2,1-4H3,(H2,23,24)(H,25,29)(H,31,32)/t16?,20-/m0/s1. The maximum atomic E-state index is 13.1. The molecule has 1 saturated heterocycles. The van der Waals surface area contributed by atoms with Crippen molar-refractivity contribution < 1.29 is 33.9 Å². The molecule has 12 nitrogen and oxygen atoms in total. The number of thioether (sulfide) groups is 2. The molecule has 0 bridgehead atoms. The lowest BCUT2D eigenvalue weighted by molar-refractivity contribution is -0.160. The van der Waals surface area contributed by atoms with E-state index in [9.17, 15) is 24.3 Å². The first-order chi connectivity index (χ1) is 16.9. The summed E-state index contributed by atoms with van der Waals surface area (Å²) in [5.41, 5.74) is 4.69. The number of hydrogen-bond acceptors (Lipinski definition) is 11. The number of hydrogen-bond donors (Lipinski definition) is 3. The van der Waals surface area contributed by atoms with Crippen LogP contribution >= 0.6 is 23.5 Å². The maximum Gasteiger partial charge on any atom is 0.353 e. The van der Waals surface area contributed by atoms with Gasteiger partial charge in [-0.2, -0.15) is 0 Å². The highest BCUT2D eigenvalue weighted by atomic mass is 32.2. The molecule has 1 aromatic rings. The van der Waals surface area contributed by atoms with Crippen molar-refractivity contribution in [2.75, 3.05) is 23.8 Å². The number of nitrogens with one attached hydrogen (secondary N) is 1. The molecule has 4 N–H and O–H groups in total. The van der Waals surface area contributed by atoms with Gasteiger partial charge < -0.3 is 25.7 Å². The molecule has 0 radical (unpaired) electrons. The van der Waals surface area contributed by atoms with Gasteiger partial charge in [0, 0.05) is 10.7 Å². The molecule has 2 aliphatic heterocycles. The molecule has 14 heteroatoms. The molecule has 2 atom stereocenters. The van der Waals surface area contributed by atoms with Crippen LogP contribution in [0.4, 0.5) is 5.82 Å². The van der Waals surface area contributed by atoms with E-state index in [0.717, 1.165) is 0 Å². The third kappa shape index (κ3) is 6.29. The van der Waals surface area contributed by atoms with Crippen LogP contribution in [0.5, 0.6) is 0 Å². The zero-order valence-electron chi connectivity index (χ0n) is 20.1. The van der Waals surface area contributed by atoms with Crippen LogP contribution in [-0.4, -0.2) is 79.6 Å². The Bertz CT molecular complexity index is 1130. The highest BCUT2D eigenvalue weighted by Crippen LogP contribution is 2.43. The molecule has 194 valence electrons. The van der Waals surface area contributed by atoms with E-state index in [4.69, 9.17) is 15.3 Å². The summed E-state index contributed by atoms with van der Waals surface area (Å²) in [6.45, 7) is 6.42. The Balaban J connectivity index is 1.78. The Morgan fingerprint density at radius 1 is 1.36 bits per heavy atom. The largest absolute Gasteiger partial charge is 0.477 e. The second-order valence-corrected chi connectivity index (χ2v) is 11.1. The van der Waals surface area contributed by atoms with Crippen molar-refractivity contribution in [3.8, 4) is 0 Å². The van der Waals surface area contributed by atoms with Gasteiger partial charge in [0.25, 0.3) is 11.8 Å². The second-order valence-electron chi connectivity index (χ2n) is 8.62. The topological polar surface area (TPSA) is 174 Å². The van der Waals surface area contributed by atoms with Crippen LogP contribution in [0.1, 0.15) is 33.4 Å². The second kappa shape index (κ2) is 11.2. The van der Waals surface area contributed by atoms with Gasteiger partial charge in [0.2, 0.25) is 6.61 Å². The number of nitrogens with two attached hydrogens (primary N) is 1. The molecular formula is C22H27N5O7S2. The predicted octanol–water partition coefficient (Wildman–Crippen LogP) is 1.18. The lowest BCUT2D eigenvalue weighted by atomic mass is 10.0. The lowest BCUT2D eigenvalue weighted by Crippen LogP contribution is -2.71. The van der Waals surface area contributed by atoms with E-state index in [1.165, 1.54) is 40.6 Å². The highest BCUT2D eigenvalue weighted by Gasteiger charge is 2.54. The van der Waals surface area contributed by atoms with E-state index in [-0.39, 0.29) is 22.9 Å². The molecule has 0 aromatic carbocycles. The first-order valence-electron chi connectivity index (χ1n) is 10.9. The molecule has 2 amide bonds. The minimum atomic E-state index is -1.20. The molecule has 36 heavy (non-hydrogen) atoms. The number of oxime groups is 1. The number of carboxylic acid groups (broad SMARTS) is 1. The summed E-state index contributed by atoms with van der Waals surface area (Å²) in [7, 11) is 0. The molecule has 0 aliphatic carbocycles. The summed E-state index contributed by atoms with van der Waals surface area (Å²) in [5, 5.41) is 15.4. The predicted molar refractivity (Wildman–Crippen MR) is 135 cm³/mol. The summed E-state index contributed by atoms with van der Waals surface area (Å²) in [6.07, 6.45) is 0. The van der Waals surface area contributed by atoms with Crippen molar-refractivity contribution in [1.82, 2.24) is 15.2 Å². The normalized spacial score (nSPS) is 19.8. The van der Waals surface area contributed by atoms with Crippen molar-refractivity contribution >= 4 is 58.8 Å². The monoisotopic (exact) mass is 537 g/mol. The molecule has 1 unspecified atom stereocenters. The van der Waals surface area contributed by atoms with Gasteiger partial charge in [0.1, 0.15) is 34.2 Å². The number of ether oxygens (including phenoxy) is 1. The maximum absolute atomic E-state index is 13.1. The van der Waals surface area contributed by atoms with Crippen molar-refractivity contribution in [3.63, 3.8) is 0 Å². The molecule has 1 aromatic heterocycles. The Kier molecular flexibility index (Phi) is 8.51. The van der Waals surface area contributed by atoms with Crippen molar-refractivity contribution in [2.24, 2.45) is 5.16 Å². The minimum Gasteiger partial charge on any atom is -0.477 e. The first-order valence-corrected chi connectivity index (χ1v) is 13.0. The lowest BCUT2D eigenvalue weighted by Gasteiger charge is -2.49. The van der Waals surface area contributed by atoms with Crippen LogP contribution in [0.25, 0.3) is 0 Å². The summed E-state index contributed by atoms with van der Waals surface area (Å²) < 4.78 is 5.15. The number of carboxylic acids is 1. The molecule has 3 rings (SSSR count). The van der Waals surface area contributed by atoms with Crippen LogP contribution in [-0.2, 0) is 28.8 Å². The van der Waals surface area contributed by atoms with E-state index in [0.29, 0.717) is 16.4 Å². The van der Waals surface area contributed by atoms with Gasteiger partial charge in [-0.05, 0) is 38.7 Å². The molecule has 3 heterocycles. The van der Waals surface area contributed by atoms with Crippen LogP contribution in [0.2, 0.25) is 0 Å². The van der Waals surface area contributed by atoms with Gasteiger partial charge in [-0.3, -0.25) is 14.5 Å². The zero-order chi connectivity index (χ0) is 26.6. The number of nitrogen functional groups attached to an aromatic ring is 1. The number of nitrogens with zero attached hydrogens (tertiary/aromatic N) is 3. The molecule has 1 fully saturated rings. The van der Waals surface area contributed by atoms with E-state index >= 15 is 0 Å². The van der Waals surface area contributed by atoms with Gasteiger partial charge in [0.15, 0.2) is 5.71 Å². The number of esters is 1. The number of aromatic nitrogens is 1. The minimum absolute atomic E-state index is 0.0596. The Labute approximate surface area is 216 Å². The van der Waals surface area contributed by atoms with Crippen LogP contribution in [0.3, 0.4) is 0 Å². The molecule has 0 spiro atoms. The SMILES string of the molecule is CCSC1=C(C(=O)O)N2C(=O)C(NC(=O)C(=NOCC(=O)OC(C)(C)C)c3cccc(N)n3)[C@@H]2SC1. The van der Waals surface area contributed by atoms with E-state index in [2.05, 4.69) is 15.5 Å². The Morgan fingerprint density at radius 2 is 2.08 bits per heavy atom. The summed E-state index contributed by atoms with van der Waals surface area (Å²) in [4.78, 5) is 60.7. The number of amides is 2. The zero-order valence-corrected chi connectivity index (χ0v) is 21.8. The van der Waals surface area contributed by atoms with E-state index in [1.807, 2.05) is 6.92 Å².